The van der Waals surface area contributed by atoms with Crippen LogP contribution in [0, 0.1) is 0 Å². The number of alkyl halides is 3. The van der Waals surface area contributed by atoms with Crippen molar-refractivity contribution in [2.45, 2.75) is 6.18 Å². The minimum absolute atomic E-state index is 0.579. The average Bonchev–Trinajstić information content (AvgIpc) is 2.97. The highest BCUT2D eigenvalue weighted by Gasteiger charge is 2.30. The van der Waals surface area contributed by atoms with Gasteiger partial charge in [-0.3, -0.25) is 0 Å². The first-order chi connectivity index (χ1) is 10.0. The van der Waals surface area contributed by atoms with Crippen LogP contribution in [0.25, 0.3) is 22.0 Å². The molecule has 1 heterocycles. The highest BCUT2D eigenvalue weighted by molar-refractivity contribution is 7.09. The van der Waals surface area contributed by atoms with Crippen molar-refractivity contribution in [3.63, 3.8) is 0 Å². The molecule has 0 bridgehead atoms. The molecule has 0 unspecified atom stereocenters. The molecule has 0 aliphatic heterocycles. The molecular formula is C15H9F3N2S. The van der Waals surface area contributed by atoms with E-state index in [1.54, 1.807) is 0 Å². The van der Waals surface area contributed by atoms with Gasteiger partial charge < -0.3 is 0 Å². The molecule has 3 rings (SSSR count). The van der Waals surface area contributed by atoms with Gasteiger partial charge in [0.2, 0.25) is 0 Å². The Labute approximate surface area is 123 Å². The molecule has 0 saturated carbocycles. The fourth-order valence-electron chi connectivity index (χ4n) is 1.85. The number of hydrogen-bond acceptors (Lipinski definition) is 3. The molecule has 0 amide bonds. The molecule has 106 valence electrons. The van der Waals surface area contributed by atoms with E-state index >= 15 is 0 Å². The van der Waals surface area contributed by atoms with Crippen LogP contribution >= 0.6 is 11.5 Å². The van der Waals surface area contributed by atoms with E-state index in [1.165, 1.54) is 23.7 Å². The largest absolute Gasteiger partial charge is 0.416 e. The molecule has 1 aromatic heterocycles. The SMILES string of the molecule is FC(F)(F)c1ccc(-c2nc(-c3ccccc3)ns2)cc1. The van der Waals surface area contributed by atoms with Crippen LogP contribution in [0.3, 0.4) is 0 Å². The van der Waals surface area contributed by atoms with Crippen LogP contribution in [0.15, 0.2) is 54.6 Å². The third kappa shape index (κ3) is 2.95. The number of aromatic nitrogens is 2. The van der Waals surface area contributed by atoms with Crippen molar-refractivity contribution >= 4 is 11.5 Å². The number of hydrogen-bond donors (Lipinski definition) is 0. The van der Waals surface area contributed by atoms with Gasteiger partial charge in [0, 0.05) is 11.1 Å². The number of benzene rings is 2. The van der Waals surface area contributed by atoms with E-state index in [1.807, 2.05) is 30.3 Å². The summed E-state index contributed by atoms with van der Waals surface area (Å²) in [5.74, 6) is 0.579. The summed E-state index contributed by atoms with van der Waals surface area (Å²) in [5, 5.41) is 0.600. The van der Waals surface area contributed by atoms with Crippen LogP contribution in [0.4, 0.5) is 13.2 Å². The molecule has 21 heavy (non-hydrogen) atoms. The van der Waals surface area contributed by atoms with E-state index < -0.39 is 11.7 Å². The smallest absolute Gasteiger partial charge is 0.215 e. The van der Waals surface area contributed by atoms with E-state index in [0.29, 0.717) is 16.4 Å². The zero-order valence-electron chi connectivity index (χ0n) is 10.6. The molecule has 2 aromatic carbocycles. The van der Waals surface area contributed by atoms with Gasteiger partial charge in [0.25, 0.3) is 0 Å². The third-order valence-corrected chi connectivity index (χ3v) is 3.68. The lowest BCUT2D eigenvalue weighted by Gasteiger charge is -2.06. The molecule has 0 radical (unpaired) electrons. The topological polar surface area (TPSA) is 25.8 Å². The van der Waals surface area contributed by atoms with Gasteiger partial charge in [0.15, 0.2) is 5.82 Å². The van der Waals surface area contributed by atoms with Crippen LogP contribution in [-0.4, -0.2) is 9.36 Å². The first kappa shape index (κ1) is 13.8. The lowest BCUT2D eigenvalue weighted by molar-refractivity contribution is -0.137. The van der Waals surface area contributed by atoms with Gasteiger partial charge >= 0.3 is 6.18 Å². The molecular weight excluding hydrogens is 297 g/mol. The summed E-state index contributed by atoms with van der Waals surface area (Å²) in [7, 11) is 0. The normalized spacial score (nSPS) is 11.6. The molecule has 0 N–H and O–H groups in total. The Morgan fingerprint density at radius 1 is 0.810 bits per heavy atom. The number of rotatable bonds is 2. The Morgan fingerprint density at radius 2 is 1.48 bits per heavy atom. The highest BCUT2D eigenvalue weighted by atomic mass is 32.1. The minimum Gasteiger partial charge on any atom is -0.215 e. The zero-order chi connectivity index (χ0) is 14.9. The van der Waals surface area contributed by atoms with Crippen molar-refractivity contribution in [1.29, 1.82) is 0 Å². The molecule has 0 spiro atoms. The van der Waals surface area contributed by atoms with Gasteiger partial charge in [-0.15, -0.1) is 0 Å². The quantitative estimate of drug-likeness (QED) is 0.673. The Bertz CT molecular complexity index is 734. The standard InChI is InChI=1S/C15H9F3N2S/c16-15(17,18)12-8-6-11(7-9-12)14-19-13(20-21-14)10-4-2-1-3-5-10/h1-9H. The van der Waals surface area contributed by atoms with Gasteiger partial charge in [-0.05, 0) is 23.7 Å². The molecule has 0 aliphatic rings. The summed E-state index contributed by atoms with van der Waals surface area (Å²) >= 11 is 1.17. The molecule has 0 saturated heterocycles. The molecule has 0 atom stereocenters. The lowest BCUT2D eigenvalue weighted by atomic mass is 10.1. The molecule has 3 aromatic rings. The van der Waals surface area contributed by atoms with Crippen LogP contribution in [0.5, 0.6) is 0 Å². The first-order valence-corrected chi connectivity index (χ1v) is 6.88. The molecule has 6 heteroatoms. The van der Waals surface area contributed by atoms with Gasteiger partial charge in [-0.25, -0.2) is 4.98 Å². The Morgan fingerprint density at radius 3 is 2.10 bits per heavy atom. The van der Waals surface area contributed by atoms with Crippen molar-refractivity contribution in [3.8, 4) is 22.0 Å². The predicted molar refractivity (Wildman–Crippen MR) is 75.8 cm³/mol. The van der Waals surface area contributed by atoms with Crippen molar-refractivity contribution in [2.75, 3.05) is 0 Å². The maximum absolute atomic E-state index is 12.5. The molecule has 0 fully saturated rings. The van der Waals surface area contributed by atoms with E-state index in [0.717, 1.165) is 17.7 Å². The Balaban J connectivity index is 1.90. The third-order valence-electron chi connectivity index (χ3n) is 2.92. The fourth-order valence-corrected chi connectivity index (χ4v) is 2.53. The van der Waals surface area contributed by atoms with E-state index in [4.69, 9.17) is 0 Å². The fraction of sp³-hybridized carbons (Fsp3) is 0.0667. The Kier molecular flexibility index (Phi) is 3.47. The zero-order valence-corrected chi connectivity index (χ0v) is 11.4. The van der Waals surface area contributed by atoms with Gasteiger partial charge in [0.05, 0.1) is 5.56 Å². The van der Waals surface area contributed by atoms with Gasteiger partial charge in [-0.2, -0.15) is 17.5 Å². The summed E-state index contributed by atoms with van der Waals surface area (Å²) < 4.78 is 41.8. The maximum atomic E-state index is 12.5. The van der Waals surface area contributed by atoms with Crippen molar-refractivity contribution in [1.82, 2.24) is 9.36 Å². The second-order valence-corrected chi connectivity index (χ2v) is 5.12. The van der Waals surface area contributed by atoms with Gasteiger partial charge in [0.1, 0.15) is 5.01 Å². The van der Waals surface area contributed by atoms with Crippen molar-refractivity contribution in [2.24, 2.45) is 0 Å². The monoisotopic (exact) mass is 306 g/mol. The van der Waals surface area contributed by atoms with Crippen molar-refractivity contribution < 1.29 is 13.2 Å². The van der Waals surface area contributed by atoms with E-state index in [-0.39, 0.29) is 0 Å². The summed E-state index contributed by atoms with van der Waals surface area (Å²) in [6.45, 7) is 0. The second kappa shape index (κ2) is 5.29. The lowest BCUT2D eigenvalue weighted by Crippen LogP contribution is -2.03. The maximum Gasteiger partial charge on any atom is 0.416 e. The second-order valence-electron chi connectivity index (χ2n) is 4.36. The van der Waals surface area contributed by atoms with Crippen LogP contribution in [0.2, 0.25) is 0 Å². The molecule has 0 aliphatic carbocycles. The van der Waals surface area contributed by atoms with E-state index in [9.17, 15) is 13.2 Å². The highest BCUT2D eigenvalue weighted by Crippen LogP contribution is 2.32. The van der Waals surface area contributed by atoms with Crippen LogP contribution in [-0.2, 0) is 6.18 Å². The molecule has 2 nitrogen and oxygen atoms in total. The van der Waals surface area contributed by atoms with Crippen molar-refractivity contribution in [3.05, 3.63) is 60.2 Å². The number of halogens is 3. The van der Waals surface area contributed by atoms with E-state index in [2.05, 4.69) is 9.36 Å². The summed E-state index contributed by atoms with van der Waals surface area (Å²) in [6, 6.07) is 14.4. The predicted octanol–water partition coefficient (Wildman–Crippen LogP) is 4.89. The first-order valence-electron chi connectivity index (χ1n) is 6.11. The van der Waals surface area contributed by atoms with Crippen LogP contribution < -0.4 is 0 Å². The van der Waals surface area contributed by atoms with Crippen LogP contribution in [0.1, 0.15) is 5.56 Å². The average molecular weight is 306 g/mol. The summed E-state index contributed by atoms with van der Waals surface area (Å²) in [6.07, 6.45) is -4.32. The number of nitrogens with zero attached hydrogens (tertiary/aromatic N) is 2. The summed E-state index contributed by atoms with van der Waals surface area (Å²) in [5.41, 5.74) is 0.841. The summed E-state index contributed by atoms with van der Waals surface area (Å²) in [4.78, 5) is 4.37. The van der Waals surface area contributed by atoms with Gasteiger partial charge in [-0.1, -0.05) is 42.5 Å². The minimum atomic E-state index is -4.32. The Hall–Kier alpha value is -2.21.